The van der Waals surface area contributed by atoms with Crippen LogP contribution in [0.2, 0.25) is 0 Å². The van der Waals surface area contributed by atoms with Gasteiger partial charge in [-0.2, -0.15) is 9.39 Å². The summed E-state index contributed by atoms with van der Waals surface area (Å²) in [6.07, 6.45) is 9.08. The maximum Gasteiger partial charge on any atom is 0.0393 e. The average Bonchev–Trinajstić information content (AvgIpc) is 3.30. The molecular formula is C19H28N2S. The van der Waals surface area contributed by atoms with Gasteiger partial charge in [0.25, 0.3) is 0 Å². The molecule has 2 aliphatic rings. The molecule has 22 heavy (non-hydrogen) atoms. The second kappa shape index (κ2) is 5.78. The first-order valence-corrected chi connectivity index (χ1v) is 10.5. The average molecular weight is 317 g/mol. The van der Waals surface area contributed by atoms with Crippen molar-refractivity contribution in [3.05, 3.63) is 35.4 Å². The number of nitrogen functional groups attached to an aromatic ring is 1. The second-order valence-corrected chi connectivity index (χ2v) is 9.98. The minimum Gasteiger partial charge on any atom is -0.398 e. The minimum atomic E-state index is -1.08. The van der Waals surface area contributed by atoms with Crippen LogP contribution in [-0.4, -0.2) is 35.4 Å². The fourth-order valence-electron chi connectivity index (χ4n) is 3.56. The summed E-state index contributed by atoms with van der Waals surface area (Å²) in [5, 5.41) is 0. The molecular weight excluding hydrogens is 288 g/mol. The van der Waals surface area contributed by atoms with Gasteiger partial charge in [0.15, 0.2) is 0 Å². The molecule has 2 nitrogen and oxygen atoms in total. The van der Waals surface area contributed by atoms with Gasteiger partial charge in [-0.3, -0.25) is 4.31 Å². The zero-order valence-electron chi connectivity index (χ0n) is 13.7. The molecule has 1 aromatic carbocycles. The van der Waals surface area contributed by atoms with E-state index in [4.69, 9.17) is 5.73 Å². The molecule has 1 aliphatic carbocycles. The highest BCUT2D eigenvalue weighted by Gasteiger charge is 2.28. The summed E-state index contributed by atoms with van der Waals surface area (Å²) in [4.78, 5) is 0. The van der Waals surface area contributed by atoms with Crippen molar-refractivity contribution in [1.29, 1.82) is 0 Å². The summed E-state index contributed by atoms with van der Waals surface area (Å²) >= 11 is 0. The maximum atomic E-state index is 6.30. The fourth-order valence-corrected chi connectivity index (χ4v) is 4.65. The lowest BCUT2D eigenvalue weighted by molar-refractivity contribution is 0.345. The Balaban J connectivity index is 1.87. The fraction of sp³-hybridized carbons (Fsp3) is 0.474. The summed E-state index contributed by atoms with van der Waals surface area (Å²) in [6.45, 7) is 6.17. The van der Waals surface area contributed by atoms with Gasteiger partial charge in [0.05, 0.1) is 0 Å². The van der Waals surface area contributed by atoms with Gasteiger partial charge in [0.1, 0.15) is 0 Å². The van der Waals surface area contributed by atoms with Crippen LogP contribution in [-0.2, 0) is 0 Å². The standard InChI is InChI=1S/C19H28N2S/c1-5-17-18(12-16(13-19(17)20)14-6-7-14)15-8-10-21(11-9-15)22(2,3)4/h5,12-15H,1-3,6-11,20H2,4H3. The van der Waals surface area contributed by atoms with Gasteiger partial charge in [0, 0.05) is 24.3 Å². The number of hydrogen-bond acceptors (Lipinski definition) is 2. The number of rotatable bonds is 4. The molecule has 0 amide bonds. The molecule has 0 bridgehead atoms. The number of hydrogen-bond donors (Lipinski definition) is 1. The van der Waals surface area contributed by atoms with Gasteiger partial charge in [0.2, 0.25) is 0 Å². The van der Waals surface area contributed by atoms with E-state index in [9.17, 15) is 0 Å². The lowest BCUT2D eigenvalue weighted by atomic mass is 9.85. The quantitative estimate of drug-likeness (QED) is 0.667. The first-order valence-electron chi connectivity index (χ1n) is 8.15. The summed E-state index contributed by atoms with van der Waals surface area (Å²) < 4.78 is 2.46. The predicted molar refractivity (Wildman–Crippen MR) is 104 cm³/mol. The summed E-state index contributed by atoms with van der Waals surface area (Å²) in [6, 6.07) is 4.58. The van der Waals surface area contributed by atoms with Crippen molar-refractivity contribution in [2.75, 3.05) is 25.1 Å². The van der Waals surface area contributed by atoms with Gasteiger partial charge >= 0.3 is 0 Å². The molecule has 0 atom stereocenters. The molecule has 1 heterocycles. The van der Waals surface area contributed by atoms with Gasteiger partial charge in [-0.15, -0.1) is 0 Å². The van der Waals surface area contributed by atoms with Crippen LogP contribution in [0.25, 0.3) is 6.08 Å². The van der Waals surface area contributed by atoms with Crippen LogP contribution in [0.5, 0.6) is 0 Å². The maximum absolute atomic E-state index is 6.30. The minimum absolute atomic E-state index is 0.590. The summed E-state index contributed by atoms with van der Waals surface area (Å²) in [7, 11) is -1.08. The van der Waals surface area contributed by atoms with Crippen LogP contribution in [0.1, 0.15) is 54.2 Å². The van der Waals surface area contributed by atoms with E-state index in [1.165, 1.54) is 36.8 Å². The monoisotopic (exact) mass is 316 g/mol. The molecule has 1 saturated heterocycles. The van der Waals surface area contributed by atoms with Crippen LogP contribution < -0.4 is 5.73 Å². The Morgan fingerprint density at radius 1 is 1.14 bits per heavy atom. The normalized spacial score (nSPS) is 21.0. The number of benzene rings is 1. The molecule has 2 N–H and O–H groups in total. The van der Waals surface area contributed by atoms with Crippen LogP contribution in [0.4, 0.5) is 5.69 Å². The molecule has 0 radical (unpaired) electrons. The van der Waals surface area contributed by atoms with E-state index in [1.54, 1.807) is 0 Å². The first-order chi connectivity index (χ1) is 10.4. The molecule has 2 fully saturated rings. The first kappa shape index (κ1) is 15.7. The molecule has 3 heteroatoms. The Morgan fingerprint density at radius 3 is 2.27 bits per heavy atom. The zero-order chi connectivity index (χ0) is 15.9. The highest BCUT2D eigenvalue weighted by atomic mass is 32.2. The van der Waals surface area contributed by atoms with Crippen LogP contribution in [0.3, 0.4) is 0 Å². The van der Waals surface area contributed by atoms with Crippen molar-refractivity contribution in [3.8, 4) is 0 Å². The van der Waals surface area contributed by atoms with E-state index in [-0.39, 0.29) is 0 Å². The predicted octanol–water partition coefficient (Wildman–Crippen LogP) is 4.18. The molecule has 0 aromatic heterocycles. The zero-order valence-corrected chi connectivity index (χ0v) is 14.5. The molecule has 3 rings (SSSR count). The Morgan fingerprint density at radius 2 is 1.77 bits per heavy atom. The van der Waals surface area contributed by atoms with Gasteiger partial charge in [-0.25, -0.2) is 0 Å². The van der Waals surface area contributed by atoms with E-state index in [0.29, 0.717) is 5.92 Å². The van der Waals surface area contributed by atoms with Crippen molar-refractivity contribution >= 4 is 32.9 Å². The van der Waals surface area contributed by atoms with E-state index >= 15 is 0 Å². The van der Waals surface area contributed by atoms with Crippen LogP contribution >= 0.6 is 9.39 Å². The van der Waals surface area contributed by atoms with Crippen molar-refractivity contribution in [3.63, 3.8) is 0 Å². The van der Waals surface area contributed by atoms with E-state index in [0.717, 1.165) is 30.3 Å². The van der Waals surface area contributed by atoms with Crippen molar-refractivity contribution in [1.82, 2.24) is 4.31 Å². The topological polar surface area (TPSA) is 29.3 Å². The van der Waals surface area contributed by atoms with Crippen LogP contribution in [0, 0.1) is 0 Å². The number of nitrogens with two attached hydrogens (primary N) is 1. The van der Waals surface area contributed by atoms with Crippen LogP contribution in [0.15, 0.2) is 18.7 Å². The third-order valence-electron chi connectivity index (χ3n) is 5.04. The summed E-state index contributed by atoms with van der Waals surface area (Å²) in [5.74, 6) is 9.83. The van der Waals surface area contributed by atoms with Crippen molar-refractivity contribution in [2.24, 2.45) is 0 Å². The third-order valence-corrected chi connectivity index (χ3v) is 6.65. The molecule has 1 aromatic rings. The number of piperidine rings is 1. The smallest absolute Gasteiger partial charge is 0.0393 e. The molecule has 1 saturated carbocycles. The Hall–Kier alpha value is -1.19. The van der Waals surface area contributed by atoms with E-state index in [1.807, 2.05) is 6.08 Å². The molecule has 0 unspecified atom stereocenters. The Labute approximate surface area is 135 Å². The molecule has 120 valence electrons. The molecule has 0 spiro atoms. The van der Waals surface area contributed by atoms with E-state index < -0.39 is 9.39 Å². The Kier molecular flexibility index (Phi) is 4.13. The SMILES string of the molecule is C=Cc1c(N)cc(C2CC2)cc1C1CCN(S(=C)(=C)C)CC1. The van der Waals surface area contributed by atoms with Crippen molar-refractivity contribution in [2.45, 2.75) is 37.5 Å². The second-order valence-electron chi connectivity index (χ2n) is 7.02. The van der Waals surface area contributed by atoms with Gasteiger partial charge in [-0.1, -0.05) is 30.5 Å². The third kappa shape index (κ3) is 3.11. The highest BCUT2D eigenvalue weighted by Crippen LogP contribution is 2.44. The number of anilines is 1. The number of nitrogens with zero attached hydrogens (tertiary/aromatic N) is 1. The lowest BCUT2D eigenvalue weighted by Gasteiger charge is -2.36. The van der Waals surface area contributed by atoms with Gasteiger partial charge in [-0.05, 0) is 61.0 Å². The largest absolute Gasteiger partial charge is 0.398 e. The molecule has 1 aliphatic heterocycles. The summed E-state index contributed by atoms with van der Waals surface area (Å²) in [5.41, 5.74) is 11.2. The highest BCUT2D eigenvalue weighted by molar-refractivity contribution is 8.25. The Bertz CT molecular complexity index is 676. The van der Waals surface area contributed by atoms with E-state index in [2.05, 4.69) is 41.0 Å². The van der Waals surface area contributed by atoms with Gasteiger partial charge < -0.3 is 5.73 Å². The lowest BCUT2D eigenvalue weighted by Crippen LogP contribution is -2.30. The van der Waals surface area contributed by atoms with Crippen molar-refractivity contribution < 1.29 is 0 Å².